The minimum atomic E-state index is -0.0405. The number of hydrogen-bond acceptors (Lipinski definition) is 1. The first-order valence-electron chi connectivity index (χ1n) is 14.4. The van der Waals surface area contributed by atoms with E-state index < -0.39 is 0 Å². The summed E-state index contributed by atoms with van der Waals surface area (Å²) in [5, 5.41) is 10.6. The van der Waals surface area contributed by atoms with Crippen LogP contribution < -0.4 is 0 Å². The van der Waals surface area contributed by atoms with E-state index in [4.69, 9.17) is 6.58 Å². The summed E-state index contributed by atoms with van der Waals surface area (Å²) in [6, 6.07) is 0. The van der Waals surface area contributed by atoms with Crippen LogP contribution in [0, 0.1) is 57.2 Å². The minimum absolute atomic E-state index is 0.0405. The lowest BCUT2D eigenvalue weighted by Gasteiger charge is -2.62. The Balaban J connectivity index is 1.36. The largest absolute Gasteiger partial charge is 0.393 e. The lowest BCUT2D eigenvalue weighted by atomic mass is 9.43. The smallest absolute Gasteiger partial charge is 0.0568 e. The Bertz CT molecular complexity index is 754. The van der Waals surface area contributed by atoms with E-state index in [0.717, 1.165) is 36.0 Å². The van der Waals surface area contributed by atoms with Crippen molar-refractivity contribution in [2.75, 3.05) is 0 Å². The van der Waals surface area contributed by atoms with Crippen LogP contribution in [0.1, 0.15) is 119 Å². The van der Waals surface area contributed by atoms with E-state index in [1.807, 2.05) is 0 Å². The molecule has 0 aromatic carbocycles. The van der Waals surface area contributed by atoms with Gasteiger partial charge in [0.05, 0.1) is 6.10 Å². The number of aliphatic hydroxyl groups excluding tert-OH is 1. The van der Waals surface area contributed by atoms with Crippen LogP contribution in [0.3, 0.4) is 0 Å². The maximum atomic E-state index is 10.6. The first-order valence-corrected chi connectivity index (χ1v) is 14.4. The van der Waals surface area contributed by atoms with Crippen molar-refractivity contribution in [3.05, 3.63) is 12.2 Å². The van der Waals surface area contributed by atoms with Crippen molar-refractivity contribution in [1.82, 2.24) is 0 Å². The summed E-state index contributed by atoms with van der Waals surface area (Å²) < 4.78 is 0. The lowest BCUT2D eigenvalue weighted by molar-refractivity contribution is -0.136. The Morgan fingerprint density at radius 1 is 0.969 bits per heavy atom. The molecule has 2 spiro atoms. The van der Waals surface area contributed by atoms with Crippen LogP contribution >= 0.6 is 0 Å². The first kappa shape index (κ1) is 23.4. The molecule has 5 saturated carbocycles. The van der Waals surface area contributed by atoms with Gasteiger partial charge in [-0.05, 0) is 128 Å². The highest BCUT2D eigenvalue weighted by atomic mass is 16.3. The SMILES string of the molecule is C=C(CCC(CC)C(C)C)[C@H]1CC[C@@]2(C)[C@@H]3CC[C@H]4[C@H](C)[C@@H](O)CC[C@@]45C[C@@]35CC[C@]12C. The molecule has 10 atom stereocenters. The number of aliphatic hydroxyl groups is 1. The minimum Gasteiger partial charge on any atom is -0.393 e. The zero-order valence-electron chi connectivity index (χ0n) is 22.2. The molecule has 5 aliphatic rings. The van der Waals surface area contributed by atoms with Crippen LogP contribution in [0.25, 0.3) is 0 Å². The first-order chi connectivity index (χ1) is 15.1. The quantitative estimate of drug-likeness (QED) is 0.411. The van der Waals surface area contributed by atoms with Crippen LogP contribution in [0.4, 0.5) is 0 Å². The fraction of sp³-hybridized carbons (Fsp3) is 0.935. The summed E-state index contributed by atoms with van der Waals surface area (Å²) in [5.74, 6) is 4.63. The Hall–Kier alpha value is -0.300. The van der Waals surface area contributed by atoms with Gasteiger partial charge >= 0.3 is 0 Å². The fourth-order valence-electron chi connectivity index (χ4n) is 11.2. The van der Waals surface area contributed by atoms with Crippen molar-refractivity contribution in [2.24, 2.45) is 57.2 Å². The Morgan fingerprint density at radius 3 is 2.41 bits per heavy atom. The highest BCUT2D eigenvalue weighted by molar-refractivity contribution is 5.31. The van der Waals surface area contributed by atoms with Crippen molar-refractivity contribution >= 4 is 0 Å². The van der Waals surface area contributed by atoms with Gasteiger partial charge in [-0.3, -0.25) is 0 Å². The van der Waals surface area contributed by atoms with E-state index in [9.17, 15) is 5.11 Å². The normalized spacial score (nSPS) is 52.6. The molecule has 1 nitrogen and oxygen atoms in total. The molecule has 1 unspecified atom stereocenters. The maximum Gasteiger partial charge on any atom is 0.0568 e. The van der Waals surface area contributed by atoms with Gasteiger partial charge in [0.1, 0.15) is 0 Å². The summed E-state index contributed by atoms with van der Waals surface area (Å²) in [4.78, 5) is 0. The molecule has 0 aromatic heterocycles. The van der Waals surface area contributed by atoms with Crippen molar-refractivity contribution in [2.45, 2.75) is 125 Å². The number of fused-ring (bicyclic) bond motifs is 2. The Morgan fingerprint density at radius 2 is 1.72 bits per heavy atom. The molecule has 1 heteroatoms. The van der Waals surface area contributed by atoms with Crippen LogP contribution in [0.2, 0.25) is 0 Å². The van der Waals surface area contributed by atoms with Crippen LogP contribution in [-0.2, 0) is 0 Å². The molecule has 5 rings (SSSR count). The zero-order chi connectivity index (χ0) is 23.1. The second-order valence-corrected chi connectivity index (χ2v) is 14.2. The molecule has 182 valence electrons. The number of rotatable bonds is 6. The molecular formula is C31H52O. The third-order valence-electron chi connectivity index (χ3n) is 13.5. The summed E-state index contributed by atoms with van der Waals surface area (Å²) >= 11 is 0. The van der Waals surface area contributed by atoms with Crippen molar-refractivity contribution < 1.29 is 5.11 Å². The maximum absolute atomic E-state index is 10.6. The molecule has 0 bridgehead atoms. The van der Waals surface area contributed by atoms with Gasteiger partial charge < -0.3 is 5.11 Å². The summed E-state index contributed by atoms with van der Waals surface area (Å²) in [6.07, 6.45) is 16.3. The summed E-state index contributed by atoms with van der Waals surface area (Å²) in [7, 11) is 0. The van der Waals surface area contributed by atoms with Gasteiger partial charge in [0.25, 0.3) is 0 Å². The molecule has 0 amide bonds. The second kappa shape index (κ2) is 7.60. The van der Waals surface area contributed by atoms with Crippen LogP contribution in [-0.4, -0.2) is 11.2 Å². The van der Waals surface area contributed by atoms with E-state index in [2.05, 4.69) is 41.5 Å². The molecule has 0 saturated heterocycles. The molecule has 5 fully saturated rings. The molecule has 0 aliphatic heterocycles. The van der Waals surface area contributed by atoms with Gasteiger partial charge in [-0.25, -0.2) is 0 Å². The van der Waals surface area contributed by atoms with Gasteiger partial charge in [-0.15, -0.1) is 0 Å². The predicted octanol–water partition coefficient (Wildman–Crippen LogP) is 8.41. The third-order valence-corrected chi connectivity index (χ3v) is 13.5. The second-order valence-electron chi connectivity index (χ2n) is 14.2. The fourth-order valence-corrected chi connectivity index (χ4v) is 11.2. The van der Waals surface area contributed by atoms with Gasteiger partial charge in [-0.2, -0.15) is 0 Å². The Labute approximate surface area is 199 Å². The molecule has 0 heterocycles. The Kier molecular flexibility index (Phi) is 5.57. The molecule has 1 N–H and O–H groups in total. The van der Waals surface area contributed by atoms with Crippen LogP contribution in [0.15, 0.2) is 12.2 Å². The molecular weight excluding hydrogens is 388 g/mol. The standard InChI is InChI=1S/C31H52O/c1-8-23(20(2)3)10-9-21(4)24-13-15-29(7)27-12-11-25-22(5)26(32)14-16-30(25)19-31(27,30)18-17-28(24,29)6/h20,22-27,32H,4,8-19H2,1-3,5-7H3/t22-,23?,24+,25-,26-,27-,28+,29-,30+,31-/m0/s1. The van der Waals surface area contributed by atoms with Gasteiger partial charge in [0.2, 0.25) is 0 Å². The van der Waals surface area contributed by atoms with Crippen molar-refractivity contribution in [1.29, 1.82) is 0 Å². The van der Waals surface area contributed by atoms with E-state index in [0.29, 0.717) is 27.6 Å². The highest BCUT2D eigenvalue weighted by Gasteiger charge is 2.81. The average Bonchev–Trinajstić information content (AvgIpc) is 3.33. The molecule has 0 aromatic rings. The van der Waals surface area contributed by atoms with Crippen molar-refractivity contribution in [3.8, 4) is 0 Å². The van der Waals surface area contributed by atoms with Gasteiger partial charge in [0, 0.05) is 0 Å². The topological polar surface area (TPSA) is 20.2 Å². The number of hydrogen-bond donors (Lipinski definition) is 1. The zero-order valence-corrected chi connectivity index (χ0v) is 22.2. The lowest BCUT2D eigenvalue weighted by Crippen LogP contribution is -2.55. The predicted molar refractivity (Wildman–Crippen MR) is 135 cm³/mol. The van der Waals surface area contributed by atoms with E-state index in [-0.39, 0.29) is 6.10 Å². The molecule has 32 heavy (non-hydrogen) atoms. The number of allylic oxidation sites excluding steroid dienone is 1. The van der Waals surface area contributed by atoms with Gasteiger partial charge in [0.15, 0.2) is 0 Å². The summed E-state index contributed by atoms with van der Waals surface area (Å²) in [5.41, 5.74) is 3.77. The third kappa shape index (κ3) is 2.85. The van der Waals surface area contributed by atoms with E-state index in [1.54, 1.807) is 5.57 Å². The highest BCUT2D eigenvalue weighted by Crippen LogP contribution is 2.88. The molecule has 0 radical (unpaired) electrons. The van der Waals surface area contributed by atoms with Crippen LogP contribution in [0.5, 0.6) is 0 Å². The summed E-state index contributed by atoms with van der Waals surface area (Å²) in [6.45, 7) is 19.7. The average molecular weight is 441 g/mol. The monoisotopic (exact) mass is 440 g/mol. The molecule has 5 aliphatic carbocycles. The van der Waals surface area contributed by atoms with E-state index in [1.165, 1.54) is 70.6 Å². The van der Waals surface area contributed by atoms with Gasteiger partial charge in [-0.1, -0.05) is 60.1 Å². The van der Waals surface area contributed by atoms with Crippen molar-refractivity contribution in [3.63, 3.8) is 0 Å². The van der Waals surface area contributed by atoms with E-state index >= 15 is 0 Å².